The van der Waals surface area contributed by atoms with Gasteiger partial charge in [0.2, 0.25) is 0 Å². The van der Waals surface area contributed by atoms with E-state index in [1.807, 2.05) is 42.2 Å². The molecule has 1 aliphatic heterocycles. The first-order valence-corrected chi connectivity index (χ1v) is 7.84. The first-order chi connectivity index (χ1) is 11.2. The van der Waals surface area contributed by atoms with Crippen LogP contribution in [0, 0.1) is 6.92 Å². The van der Waals surface area contributed by atoms with Gasteiger partial charge in [-0.05, 0) is 37.6 Å². The molecule has 0 saturated carbocycles. The van der Waals surface area contributed by atoms with Crippen LogP contribution in [0.5, 0.6) is 0 Å². The third-order valence-electron chi connectivity index (χ3n) is 4.22. The third-order valence-corrected chi connectivity index (χ3v) is 4.22. The van der Waals surface area contributed by atoms with Crippen LogP contribution >= 0.6 is 0 Å². The Morgan fingerprint density at radius 3 is 3.04 bits per heavy atom. The molecular weight excluding hydrogens is 290 g/mol. The normalized spacial score (nSPS) is 18.5. The minimum absolute atomic E-state index is 0.327. The first-order valence-electron chi connectivity index (χ1n) is 7.84. The Hall–Kier alpha value is -2.47. The third kappa shape index (κ3) is 2.55. The lowest BCUT2D eigenvalue weighted by atomic mass is 10.1. The predicted octanol–water partition coefficient (Wildman–Crippen LogP) is 2.32. The maximum atomic E-state index is 5.52. The summed E-state index contributed by atoms with van der Waals surface area (Å²) in [6.45, 7) is 6.50. The largest absolute Gasteiger partial charge is 0.377 e. The zero-order chi connectivity index (χ0) is 15.8. The van der Waals surface area contributed by atoms with E-state index in [4.69, 9.17) is 9.72 Å². The molecule has 1 aliphatic rings. The summed E-state index contributed by atoms with van der Waals surface area (Å²) in [6.07, 6.45) is 5.66. The Bertz CT molecular complexity index is 844. The maximum absolute atomic E-state index is 5.52. The Balaban J connectivity index is 1.80. The zero-order valence-electron chi connectivity index (χ0n) is 13.3. The molecule has 6 heteroatoms. The van der Waals surface area contributed by atoms with Crippen LogP contribution in [0.3, 0.4) is 0 Å². The second kappa shape index (κ2) is 5.62. The van der Waals surface area contributed by atoms with Gasteiger partial charge >= 0.3 is 0 Å². The van der Waals surface area contributed by atoms with Crippen LogP contribution in [-0.2, 0) is 4.74 Å². The van der Waals surface area contributed by atoms with Crippen molar-refractivity contribution in [1.82, 2.24) is 19.6 Å². The van der Waals surface area contributed by atoms with E-state index in [0.29, 0.717) is 6.04 Å². The van der Waals surface area contributed by atoms with Gasteiger partial charge in [0.25, 0.3) is 0 Å². The van der Waals surface area contributed by atoms with Crippen LogP contribution in [0.1, 0.15) is 12.6 Å². The number of hydrogen-bond acceptors (Lipinski definition) is 5. The molecule has 3 aromatic heterocycles. The summed E-state index contributed by atoms with van der Waals surface area (Å²) in [5.41, 5.74) is 3.97. The summed E-state index contributed by atoms with van der Waals surface area (Å²) < 4.78 is 7.34. The van der Waals surface area contributed by atoms with E-state index in [9.17, 15) is 0 Å². The van der Waals surface area contributed by atoms with Crippen LogP contribution in [0.25, 0.3) is 16.8 Å². The summed E-state index contributed by atoms with van der Waals surface area (Å²) >= 11 is 0. The summed E-state index contributed by atoms with van der Waals surface area (Å²) in [7, 11) is 0. The van der Waals surface area contributed by atoms with Crippen molar-refractivity contribution >= 4 is 11.5 Å². The number of ether oxygens (including phenoxy) is 1. The van der Waals surface area contributed by atoms with Crippen molar-refractivity contribution in [3.8, 4) is 11.1 Å². The van der Waals surface area contributed by atoms with Gasteiger partial charge in [0.15, 0.2) is 5.65 Å². The molecule has 3 aromatic rings. The van der Waals surface area contributed by atoms with Gasteiger partial charge in [-0.15, -0.1) is 0 Å². The number of fused-ring (bicyclic) bond motifs is 1. The molecule has 6 nitrogen and oxygen atoms in total. The van der Waals surface area contributed by atoms with E-state index in [1.54, 1.807) is 0 Å². The SMILES string of the molecule is Cc1cc(-c2cnn3ccc(N4CCOCC4C)nc23)ccn1. The maximum Gasteiger partial charge on any atom is 0.165 e. The molecule has 0 amide bonds. The molecule has 0 N–H and O–H groups in total. The smallest absolute Gasteiger partial charge is 0.165 e. The molecule has 23 heavy (non-hydrogen) atoms. The summed E-state index contributed by atoms with van der Waals surface area (Å²) in [5, 5.41) is 4.42. The Labute approximate surface area is 134 Å². The van der Waals surface area contributed by atoms with Gasteiger partial charge < -0.3 is 9.64 Å². The van der Waals surface area contributed by atoms with Crippen molar-refractivity contribution in [3.63, 3.8) is 0 Å². The van der Waals surface area contributed by atoms with E-state index in [2.05, 4.69) is 28.0 Å². The fourth-order valence-corrected chi connectivity index (χ4v) is 3.00. The van der Waals surface area contributed by atoms with Crippen LogP contribution in [0.4, 0.5) is 5.82 Å². The molecule has 0 spiro atoms. The molecular formula is C17H19N5O. The summed E-state index contributed by atoms with van der Waals surface area (Å²) in [5.74, 6) is 0.973. The number of anilines is 1. The molecule has 1 atom stereocenters. The fraction of sp³-hybridized carbons (Fsp3) is 0.353. The van der Waals surface area contributed by atoms with Crippen molar-refractivity contribution in [2.75, 3.05) is 24.7 Å². The minimum Gasteiger partial charge on any atom is -0.377 e. The zero-order valence-corrected chi connectivity index (χ0v) is 13.3. The highest BCUT2D eigenvalue weighted by Crippen LogP contribution is 2.26. The van der Waals surface area contributed by atoms with Gasteiger partial charge in [-0.25, -0.2) is 9.50 Å². The monoisotopic (exact) mass is 309 g/mol. The molecule has 0 aromatic carbocycles. The second-order valence-corrected chi connectivity index (χ2v) is 5.92. The van der Waals surface area contributed by atoms with Crippen molar-refractivity contribution in [3.05, 3.63) is 42.5 Å². The van der Waals surface area contributed by atoms with Gasteiger partial charge in [-0.1, -0.05) is 0 Å². The standard InChI is InChI=1S/C17H19N5O/c1-12-9-14(3-5-18-12)15-10-19-22-6-4-16(20-17(15)22)21-7-8-23-11-13(21)2/h3-6,9-10,13H,7-8,11H2,1-2H3. The van der Waals surface area contributed by atoms with Gasteiger partial charge in [-0.3, -0.25) is 4.98 Å². The quantitative estimate of drug-likeness (QED) is 0.727. The topological polar surface area (TPSA) is 55.5 Å². The van der Waals surface area contributed by atoms with E-state index < -0.39 is 0 Å². The number of aromatic nitrogens is 4. The lowest BCUT2D eigenvalue weighted by Gasteiger charge is -2.34. The van der Waals surface area contributed by atoms with Gasteiger partial charge in [0, 0.05) is 30.2 Å². The average Bonchev–Trinajstić information content (AvgIpc) is 2.98. The van der Waals surface area contributed by atoms with E-state index in [-0.39, 0.29) is 0 Å². The van der Waals surface area contributed by atoms with Crippen LogP contribution in [0.2, 0.25) is 0 Å². The molecule has 0 bridgehead atoms. The number of pyridine rings is 1. The predicted molar refractivity (Wildman–Crippen MR) is 88.6 cm³/mol. The lowest BCUT2D eigenvalue weighted by molar-refractivity contribution is 0.0985. The van der Waals surface area contributed by atoms with Crippen LogP contribution < -0.4 is 4.90 Å². The summed E-state index contributed by atoms with van der Waals surface area (Å²) in [4.78, 5) is 11.4. The van der Waals surface area contributed by atoms with Crippen molar-refractivity contribution in [1.29, 1.82) is 0 Å². The highest BCUT2D eigenvalue weighted by molar-refractivity contribution is 5.77. The fourth-order valence-electron chi connectivity index (χ4n) is 3.00. The molecule has 0 radical (unpaired) electrons. The molecule has 1 unspecified atom stereocenters. The van der Waals surface area contributed by atoms with Crippen LogP contribution in [-0.4, -0.2) is 45.4 Å². The lowest BCUT2D eigenvalue weighted by Crippen LogP contribution is -2.44. The Kier molecular flexibility index (Phi) is 3.46. The molecule has 1 fully saturated rings. The van der Waals surface area contributed by atoms with Gasteiger partial charge in [0.05, 0.1) is 25.5 Å². The van der Waals surface area contributed by atoms with Gasteiger partial charge in [-0.2, -0.15) is 5.10 Å². The number of morpholine rings is 1. The number of hydrogen-bond donors (Lipinski definition) is 0. The van der Waals surface area contributed by atoms with Crippen LogP contribution in [0.15, 0.2) is 36.8 Å². The minimum atomic E-state index is 0.327. The van der Waals surface area contributed by atoms with E-state index in [1.165, 1.54) is 0 Å². The summed E-state index contributed by atoms with van der Waals surface area (Å²) in [6, 6.07) is 6.40. The average molecular weight is 309 g/mol. The molecule has 4 rings (SSSR count). The Morgan fingerprint density at radius 2 is 2.22 bits per heavy atom. The first kappa shape index (κ1) is 14.1. The van der Waals surface area contributed by atoms with E-state index in [0.717, 1.165) is 48.0 Å². The number of rotatable bonds is 2. The second-order valence-electron chi connectivity index (χ2n) is 5.92. The van der Waals surface area contributed by atoms with E-state index >= 15 is 0 Å². The Morgan fingerprint density at radius 1 is 1.30 bits per heavy atom. The molecule has 4 heterocycles. The molecule has 118 valence electrons. The van der Waals surface area contributed by atoms with Gasteiger partial charge in [0.1, 0.15) is 5.82 Å². The van der Waals surface area contributed by atoms with Crippen molar-refractivity contribution < 1.29 is 4.74 Å². The molecule has 1 saturated heterocycles. The number of aryl methyl sites for hydroxylation is 1. The highest BCUT2D eigenvalue weighted by Gasteiger charge is 2.21. The van der Waals surface area contributed by atoms with Crippen molar-refractivity contribution in [2.24, 2.45) is 0 Å². The highest BCUT2D eigenvalue weighted by atomic mass is 16.5. The van der Waals surface area contributed by atoms with Crippen molar-refractivity contribution in [2.45, 2.75) is 19.9 Å². The molecule has 0 aliphatic carbocycles. The number of nitrogens with zero attached hydrogens (tertiary/aromatic N) is 5.